The third-order valence-electron chi connectivity index (χ3n) is 8.40. The number of hydrogen-bond acceptors (Lipinski definition) is 5. The molecule has 10 heteroatoms. The predicted octanol–water partition coefficient (Wildman–Crippen LogP) is 5.23. The van der Waals surface area contributed by atoms with E-state index in [1.807, 2.05) is 6.07 Å². The first-order valence-corrected chi connectivity index (χ1v) is 14.8. The summed E-state index contributed by atoms with van der Waals surface area (Å²) in [4.78, 5) is 31.8. The molecule has 2 saturated heterocycles. The zero-order chi connectivity index (χ0) is 30.8. The standard InChI is InChI=1S/C34H35F2N3O5/c1-22-32(33(40)37-13-15-43-28(20-37)17-23-3-7-25(35)8-4-23)30-19-27(42-2)11-12-31(30)39(22)34(41)38-14-16-44-29(21-38)18-24-5-9-26(36)10-6-24/h3-12,19,28-29H,13-18,20-21H2,1-2H3. The molecular formula is C34H35F2N3O5. The van der Waals surface area contributed by atoms with E-state index >= 15 is 0 Å². The Morgan fingerprint density at radius 3 is 1.93 bits per heavy atom. The molecule has 3 heterocycles. The monoisotopic (exact) mass is 603 g/mol. The smallest absolute Gasteiger partial charge is 0.329 e. The Labute approximate surface area is 254 Å². The highest BCUT2D eigenvalue weighted by Crippen LogP contribution is 2.32. The van der Waals surface area contributed by atoms with Gasteiger partial charge in [0.25, 0.3) is 5.91 Å². The van der Waals surface area contributed by atoms with Crippen LogP contribution in [-0.2, 0) is 22.3 Å². The number of nitrogens with zero attached hydrogens (tertiary/aromatic N) is 3. The van der Waals surface area contributed by atoms with E-state index in [0.29, 0.717) is 80.1 Å². The highest BCUT2D eigenvalue weighted by Gasteiger charge is 2.33. The molecule has 0 bridgehead atoms. The van der Waals surface area contributed by atoms with Crippen LogP contribution in [0, 0.1) is 18.6 Å². The van der Waals surface area contributed by atoms with Crippen LogP contribution in [0.25, 0.3) is 10.9 Å². The van der Waals surface area contributed by atoms with Crippen molar-refractivity contribution in [3.8, 4) is 5.75 Å². The molecule has 44 heavy (non-hydrogen) atoms. The van der Waals surface area contributed by atoms with Gasteiger partial charge in [-0.3, -0.25) is 9.36 Å². The van der Waals surface area contributed by atoms with Gasteiger partial charge in [0.15, 0.2) is 0 Å². The summed E-state index contributed by atoms with van der Waals surface area (Å²) in [6.45, 7) is 4.10. The lowest BCUT2D eigenvalue weighted by atomic mass is 10.0. The number of ether oxygens (including phenoxy) is 3. The molecule has 0 radical (unpaired) electrons. The van der Waals surface area contributed by atoms with Crippen molar-refractivity contribution in [1.29, 1.82) is 0 Å². The summed E-state index contributed by atoms with van der Waals surface area (Å²) in [7, 11) is 1.56. The zero-order valence-electron chi connectivity index (χ0n) is 24.8. The van der Waals surface area contributed by atoms with E-state index in [2.05, 4.69) is 0 Å². The molecule has 0 aliphatic carbocycles. The number of hydrogen-bond donors (Lipinski definition) is 0. The number of halogens is 2. The van der Waals surface area contributed by atoms with Gasteiger partial charge in [0.05, 0.1) is 43.6 Å². The summed E-state index contributed by atoms with van der Waals surface area (Å²) >= 11 is 0. The van der Waals surface area contributed by atoms with E-state index < -0.39 is 0 Å². The third kappa shape index (κ3) is 6.18. The Bertz CT molecular complexity index is 1650. The Hall–Kier alpha value is -4.28. The number of morpholine rings is 2. The molecule has 2 aliphatic heterocycles. The average Bonchev–Trinajstić information content (AvgIpc) is 3.33. The lowest BCUT2D eigenvalue weighted by Crippen LogP contribution is -2.48. The first-order valence-electron chi connectivity index (χ1n) is 14.8. The Morgan fingerprint density at radius 1 is 0.818 bits per heavy atom. The van der Waals surface area contributed by atoms with Gasteiger partial charge in [-0.2, -0.15) is 0 Å². The molecule has 1 aromatic heterocycles. The molecule has 6 rings (SSSR count). The second kappa shape index (κ2) is 12.8. The fourth-order valence-corrected chi connectivity index (χ4v) is 6.15. The van der Waals surface area contributed by atoms with Crippen LogP contribution in [0.2, 0.25) is 0 Å². The van der Waals surface area contributed by atoms with Crippen LogP contribution < -0.4 is 4.74 Å². The van der Waals surface area contributed by atoms with Crippen LogP contribution in [0.4, 0.5) is 13.6 Å². The molecule has 2 amide bonds. The van der Waals surface area contributed by atoms with Gasteiger partial charge < -0.3 is 24.0 Å². The van der Waals surface area contributed by atoms with E-state index in [0.717, 1.165) is 11.1 Å². The Balaban J connectivity index is 1.26. The maximum atomic E-state index is 14.2. The minimum Gasteiger partial charge on any atom is -0.497 e. The maximum Gasteiger partial charge on any atom is 0.329 e. The lowest BCUT2D eigenvalue weighted by molar-refractivity contribution is -0.0208. The van der Waals surface area contributed by atoms with Crippen molar-refractivity contribution < 1.29 is 32.6 Å². The topological polar surface area (TPSA) is 73.2 Å². The summed E-state index contributed by atoms with van der Waals surface area (Å²) in [5.41, 5.74) is 3.47. The van der Waals surface area contributed by atoms with E-state index in [9.17, 15) is 18.4 Å². The number of amides is 2. The number of fused-ring (bicyclic) bond motifs is 1. The minimum absolute atomic E-state index is 0.184. The minimum atomic E-state index is -0.299. The fourth-order valence-electron chi connectivity index (χ4n) is 6.15. The van der Waals surface area contributed by atoms with Crippen molar-refractivity contribution >= 4 is 22.8 Å². The van der Waals surface area contributed by atoms with Crippen molar-refractivity contribution in [3.63, 3.8) is 0 Å². The highest BCUT2D eigenvalue weighted by molar-refractivity contribution is 6.11. The fraction of sp³-hybridized carbons (Fsp3) is 0.353. The molecule has 230 valence electrons. The number of rotatable bonds is 6. The van der Waals surface area contributed by atoms with Crippen molar-refractivity contribution in [1.82, 2.24) is 14.4 Å². The first kappa shape index (κ1) is 29.8. The molecular weight excluding hydrogens is 568 g/mol. The predicted molar refractivity (Wildman–Crippen MR) is 161 cm³/mol. The van der Waals surface area contributed by atoms with Crippen LogP contribution in [0.15, 0.2) is 66.7 Å². The molecule has 4 aromatic rings. The summed E-state index contributed by atoms with van der Waals surface area (Å²) < 4.78 is 45.8. The van der Waals surface area contributed by atoms with Gasteiger partial charge in [0.2, 0.25) is 0 Å². The van der Waals surface area contributed by atoms with Crippen LogP contribution >= 0.6 is 0 Å². The van der Waals surface area contributed by atoms with Crippen LogP contribution in [0.5, 0.6) is 5.75 Å². The molecule has 0 N–H and O–H groups in total. The van der Waals surface area contributed by atoms with Crippen LogP contribution in [0.1, 0.15) is 27.2 Å². The SMILES string of the molecule is COc1ccc2c(c1)c(C(=O)N1CCOC(Cc3ccc(F)cc3)C1)c(C)n2C(=O)N1CCOC(Cc2ccc(F)cc2)C1. The van der Waals surface area contributed by atoms with Crippen molar-refractivity contribution in [3.05, 3.63) is 101 Å². The Kier molecular flexibility index (Phi) is 8.63. The Morgan fingerprint density at radius 2 is 1.36 bits per heavy atom. The average molecular weight is 604 g/mol. The van der Waals surface area contributed by atoms with Gasteiger partial charge in [0.1, 0.15) is 17.4 Å². The number of aromatic nitrogens is 1. The third-order valence-corrected chi connectivity index (χ3v) is 8.40. The van der Waals surface area contributed by atoms with Crippen molar-refractivity contribution in [2.45, 2.75) is 32.0 Å². The van der Waals surface area contributed by atoms with Gasteiger partial charge in [-0.15, -0.1) is 0 Å². The van der Waals surface area contributed by atoms with E-state index in [-0.39, 0.29) is 35.8 Å². The second-order valence-electron chi connectivity index (χ2n) is 11.3. The van der Waals surface area contributed by atoms with Crippen molar-refractivity contribution in [2.24, 2.45) is 0 Å². The summed E-state index contributed by atoms with van der Waals surface area (Å²) in [5.74, 6) is -0.200. The number of carbonyl (C=O) groups excluding carboxylic acids is 2. The first-order chi connectivity index (χ1) is 21.3. The van der Waals surface area contributed by atoms with E-state index in [1.165, 1.54) is 24.3 Å². The maximum absolute atomic E-state index is 14.2. The van der Waals surface area contributed by atoms with Crippen molar-refractivity contribution in [2.75, 3.05) is 46.5 Å². The molecule has 2 unspecified atom stereocenters. The molecule has 2 fully saturated rings. The molecule has 0 spiro atoms. The second-order valence-corrected chi connectivity index (χ2v) is 11.3. The number of carbonyl (C=O) groups is 2. The van der Waals surface area contributed by atoms with Crippen LogP contribution in [0.3, 0.4) is 0 Å². The largest absolute Gasteiger partial charge is 0.497 e. The van der Waals surface area contributed by atoms with Gasteiger partial charge in [0, 0.05) is 50.1 Å². The quantitative estimate of drug-likeness (QED) is 0.302. The molecule has 8 nitrogen and oxygen atoms in total. The number of methoxy groups -OCH3 is 1. The summed E-state index contributed by atoms with van der Waals surface area (Å²) in [6.07, 6.45) is 0.613. The lowest BCUT2D eigenvalue weighted by Gasteiger charge is -2.34. The zero-order valence-corrected chi connectivity index (χ0v) is 24.8. The summed E-state index contributed by atoms with van der Waals surface area (Å²) in [5, 5.41) is 0.637. The molecule has 2 atom stereocenters. The van der Waals surface area contributed by atoms with Gasteiger partial charge >= 0.3 is 6.03 Å². The van der Waals surface area contributed by atoms with Gasteiger partial charge in [-0.05, 0) is 60.5 Å². The summed E-state index contributed by atoms with van der Waals surface area (Å²) in [6, 6.07) is 17.7. The highest BCUT2D eigenvalue weighted by atomic mass is 19.1. The van der Waals surface area contributed by atoms with Crippen LogP contribution in [-0.4, -0.2) is 85.0 Å². The van der Waals surface area contributed by atoms with E-state index in [1.54, 1.807) is 64.8 Å². The molecule has 2 aliphatic rings. The number of benzene rings is 3. The van der Waals surface area contributed by atoms with Gasteiger partial charge in [-0.25, -0.2) is 13.6 Å². The normalized spacial score (nSPS) is 18.9. The van der Waals surface area contributed by atoms with Gasteiger partial charge in [-0.1, -0.05) is 24.3 Å². The van der Waals surface area contributed by atoms with E-state index in [4.69, 9.17) is 14.2 Å². The molecule has 0 saturated carbocycles. The molecule has 3 aromatic carbocycles.